The average Bonchev–Trinajstić information content (AvgIpc) is 2.67. The Morgan fingerprint density at radius 1 is 0.885 bits per heavy atom. The number of ether oxygens (including phenoxy) is 1. The molecule has 0 radical (unpaired) electrons. The second-order valence-corrected chi connectivity index (χ2v) is 5.94. The SMILES string of the molecule is COc1ccc(C(=O)N2CCN(C(=O)c3cccc(F)c3)CC2)cc1F. The van der Waals surface area contributed by atoms with Crippen molar-refractivity contribution in [3.8, 4) is 5.75 Å². The van der Waals surface area contributed by atoms with Crippen LogP contribution in [0.25, 0.3) is 0 Å². The Morgan fingerprint density at radius 3 is 1.96 bits per heavy atom. The smallest absolute Gasteiger partial charge is 0.254 e. The summed E-state index contributed by atoms with van der Waals surface area (Å²) in [5, 5.41) is 0. The topological polar surface area (TPSA) is 49.9 Å². The molecule has 1 saturated heterocycles. The van der Waals surface area contributed by atoms with E-state index >= 15 is 0 Å². The Labute approximate surface area is 149 Å². The molecule has 0 N–H and O–H groups in total. The van der Waals surface area contributed by atoms with Crippen molar-refractivity contribution in [2.75, 3.05) is 33.3 Å². The predicted octanol–water partition coefficient (Wildman–Crippen LogP) is 2.57. The summed E-state index contributed by atoms with van der Waals surface area (Å²) in [6.45, 7) is 1.32. The van der Waals surface area contributed by atoms with Crippen LogP contribution in [0.4, 0.5) is 8.78 Å². The number of halogens is 2. The molecule has 1 aliphatic rings. The van der Waals surface area contributed by atoms with Gasteiger partial charge in [0.15, 0.2) is 11.6 Å². The van der Waals surface area contributed by atoms with Crippen molar-refractivity contribution < 1.29 is 23.1 Å². The highest BCUT2D eigenvalue weighted by molar-refractivity contribution is 5.96. The molecule has 3 rings (SSSR count). The van der Waals surface area contributed by atoms with E-state index in [1.165, 1.54) is 37.4 Å². The van der Waals surface area contributed by atoms with Gasteiger partial charge in [-0.2, -0.15) is 0 Å². The third-order valence-electron chi connectivity index (χ3n) is 4.32. The Morgan fingerprint density at radius 2 is 1.46 bits per heavy atom. The summed E-state index contributed by atoms with van der Waals surface area (Å²) in [4.78, 5) is 28.1. The fourth-order valence-corrected chi connectivity index (χ4v) is 2.90. The molecule has 0 saturated carbocycles. The number of nitrogens with zero attached hydrogens (tertiary/aromatic N) is 2. The van der Waals surface area contributed by atoms with Crippen LogP contribution in [-0.4, -0.2) is 54.9 Å². The molecule has 0 aromatic heterocycles. The standard InChI is InChI=1S/C19H18F2N2O3/c1-26-17-6-5-14(12-16(17)21)19(25)23-9-7-22(8-10-23)18(24)13-3-2-4-15(20)11-13/h2-6,11-12H,7-10H2,1H3. The van der Waals surface area contributed by atoms with E-state index in [1.54, 1.807) is 15.9 Å². The quantitative estimate of drug-likeness (QED) is 0.845. The summed E-state index contributed by atoms with van der Waals surface area (Å²) in [5.74, 6) is -1.56. The van der Waals surface area contributed by atoms with Crippen LogP contribution in [0.15, 0.2) is 42.5 Å². The molecule has 1 fully saturated rings. The lowest BCUT2D eigenvalue weighted by atomic mass is 10.1. The molecule has 0 atom stereocenters. The number of amides is 2. The van der Waals surface area contributed by atoms with Crippen molar-refractivity contribution in [1.82, 2.24) is 9.80 Å². The first-order valence-electron chi connectivity index (χ1n) is 8.17. The maximum Gasteiger partial charge on any atom is 0.254 e. The molecule has 0 spiro atoms. The third kappa shape index (κ3) is 3.66. The van der Waals surface area contributed by atoms with Gasteiger partial charge in [0.2, 0.25) is 0 Å². The molecule has 26 heavy (non-hydrogen) atoms. The molecule has 0 aliphatic carbocycles. The van der Waals surface area contributed by atoms with Crippen LogP contribution in [0.5, 0.6) is 5.75 Å². The lowest BCUT2D eigenvalue weighted by Gasteiger charge is -2.35. The van der Waals surface area contributed by atoms with Gasteiger partial charge in [-0.1, -0.05) is 6.07 Å². The van der Waals surface area contributed by atoms with Gasteiger partial charge in [0.25, 0.3) is 11.8 Å². The minimum atomic E-state index is -0.599. The first kappa shape index (κ1) is 17.8. The van der Waals surface area contributed by atoms with Gasteiger partial charge in [0.1, 0.15) is 5.82 Å². The van der Waals surface area contributed by atoms with E-state index in [4.69, 9.17) is 4.74 Å². The van der Waals surface area contributed by atoms with E-state index in [9.17, 15) is 18.4 Å². The van der Waals surface area contributed by atoms with Crippen LogP contribution in [0.1, 0.15) is 20.7 Å². The number of rotatable bonds is 3. The van der Waals surface area contributed by atoms with E-state index in [2.05, 4.69) is 0 Å². The first-order valence-corrected chi connectivity index (χ1v) is 8.17. The minimum absolute atomic E-state index is 0.0760. The second-order valence-electron chi connectivity index (χ2n) is 5.94. The van der Waals surface area contributed by atoms with Crippen molar-refractivity contribution >= 4 is 11.8 Å². The monoisotopic (exact) mass is 360 g/mol. The van der Waals surface area contributed by atoms with Gasteiger partial charge >= 0.3 is 0 Å². The van der Waals surface area contributed by atoms with E-state index < -0.39 is 11.6 Å². The lowest BCUT2D eigenvalue weighted by molar-refractivity contribution is 0.0535. The molecule has 1 heterocycles. The fourth-order valence-electron chi connectivity index (χ4n) is 2.90. The van der Waals surface area contributed by atoms with Crippen LogP contribution in [0, 0.1) is 11.6 Å². The molecule has 0 bridgehead atoms. The van der Waals surface area contributed by atoms with Gasteiger partial charge in [0.05, 0.1) is 7.11 Å². The Hall–Kier alpha value is -2.96. The van der Waals surface area contributed by atoms with Crippen molar-refractivity contribution in [2.45, 2.75) is 0 Å². The number of benzene rings is 2. The summed E-state index contributed by atoms with van der Waals surface area (Å²) in [5.41, 5.74) is 0.509. The zero-order chi connectivity index (χ0) is 18.7. The predicted molar refractivity (Wildman–Crippen MR) is 91.2 cm³/mol. The molecule has 136 valence electrons. The fraction of sp³-hybridized carbons (Fsp3) is 0.263. The lowest BCUT2D eigenvalue weighted by Crippen LogP contribution is -2.50. The molecule has 2 aromatic carbocycles. The summed E-state index contributed by atoms with van der Waals surface area (Å²) < 4.78 is 31.9. The van der Waals surface area contributed by atoms with Crippen molar-refractivity contribution in [3.05, 3.63) is 65.2 Å². The molecule has 2 aromatic rings. The number of hydrogen-bond acceptors (Lipinski definition) is 3. The van der Waals surface area contributed by atoms with Crippen molar-refractivity contribution in [3.63, 3.8) is 0 Å². The largest absolute Gasteiger partial charge is 0.494 e. The zero-order valence-corrected chi connectivity index (χ0v) is 14.2. The summed E-state index contributed by atoms with van der Waals surface area (Å²) >= 11 is 0. The number of methoxy groups -OCH3 is 1. The highest BCUT2D eigenvalue weighted by Crippen LogP contribution is 2.19. The maximum absolute atomic E-state index is 13.8. The molecule has 7 heteroatoms. The average molecular weight is 360 g/mol. The van der Waals surface area contributed by atoms with Crippen LogP contribution in [0.2, 0.25) is 0 Å². The number of hydrogen-bond donors (Lipinski definition) is 0. The molecule has 5 nitrogen and oxygen atoms in total. The van der Waals surface area contributed by atoms with Gasteiger partial charge in [-0.15, -0.1) is 0 Å². The van der Waals surface area contributed by atoms with Gasteiger partial charge in [0, 0.05) is 37.3 Å². The summed E-state index contributed by atoms with van der Waals surface area (Å²) in [7, 11) is 1.36. The third-order valence-corrected chi connectivity index (χ3v) is 4.32. The first-order chi connectivity index (χ1) is 12.5. The van der Waals surface area contributed by atoms with Crippen LogP contribution >= 0.6 is 0 Å². The highest BCUT2D eigenvalue weighted by Gasteiger charge is 2.26. The molecule has 2 amide bonds. The van der Waals surface area contributed by atoms with Gasteiger partial charge in [-0.25, -0.2) is 8.78 Å². The minimum Gasteiger partial charge on any atom is -0.494 e. The molecule has 1 aliphatic heterocycles. The normalized spacial score (nSPS) is 14.3. The Kier molecular flexibility index (Phi) is 5.16. The molecular formula is C19H18F2N2O3. The number of carbonyl (C=O) groups is 2. The number of carbonyl (C=O) groups excluding carboxylic acids is 2. The summed E-state index contributed by atoms with van der Waals surface area (Å²) in [6, 6.07) is 9.58. The second kappa shape index (κ2) is 7.51. The molecule has 0 unspecified atom stereocenters. The zero-order valence-electron chi connectivity index (χ0n) is 14.2. The maximum atomic E-state index is 13.8. The number of piperazine rings is 1. The highest BCUT2D eigenvalue weighted by atomic mass is 19.1. The van der Waals surface area contributed by atoms with Crippen LogP contribution < -0.4 is 4.74 Å². The van der Waals surface area contributed by atoms with E-state index in [0.717, 1.165) is 6.07 Å². The van der Waals surface area contributed by atoms with E-state index in [-0.39, 0.29) is 28.7 Å². The van der Waals surface area contributed by atoms with Crippen LogP contribution in [-0.2, 0) is 0 Å². The van der Waals surface area contributed by atoms with Crippen molar-refractivity contribution in [2.24, 2.45) is 0 Å². The van der Waals surface area contributed by atoms with E-state index in [0.29, 0.717) is 26.2 Å². The Bertz CT molecular complexity index is 833. The Balaban J connectivity index is 1.63. The van der Waals surface area contributed by atoms with E-state index in [1.807, 2.05) is 0 Å². The van der Waals surface area contributed by atoms with Gasteiger partial charge in [-0.3, -0.25) is 9.59 Å². The molecular weight excluding hydrogens is 342 g/mol. The summed E-state index contributed by atoms with van der Waals surface area (Å²) in [6.07, 6.45) is 0. The van der Waals surface area contributed by atoms with Gasteiger partial charge in [-0.05, 0) is 36.4 Å². The van der Waals surface area contributed by atoms with Crippen molar-refractivity contribution in [1.29, 1.82) is 0 Å². The van der Waals surface area contributed by atoms with Gasteiger partial charge < -0.3 is 14.5 Å². The van der Waals surface area contributed by atoms with Crippen LogP contribution in [0.3, 0.4) is 0 Å².